The Kier molecular flexibility index (Phi) is 6.34. The van der Waals surface area contributed by atoms with Gasteiger partial charge in [-0.15, -0.1) is 0 Å². The van der Waals surface area contributed by atoms with Gasteiger partial charge in [-0.3, -0.25) is 4.90 Å². The molecule has 1 aromatic rings. The maximum absolute atomic E-state index is 5.86. The molecule has 0 atom stereocenters. The highest BCUT2D eigenvalue weighted by Gasteiger charge is 2.23. The third-order valence-corrected chi connectivity index (χ3v) is 3.73. The highest BCUT2D eigenvalue weighted by Crippen LogP contribution is 2.29. The number of nitrogens with zero attached hydrogens (tertiary/aromatic N) is 1. The predicted octanol–water partition coefficient (Wildman–Crippen LogP) is 2.91. The number of hydrogen-bond acceptors (Lipinski definition) is 3. The van der Waals surface area contributed by atoms with E-state index in [1.807, 2.05) is 7.05 Å². The number of benzene rings is 1. The SMILES string of the molecule is CCCN(CCOc1ccc(CNC)cc1)CC1CC1. The van der Waals surface area contributed by atoms with Crippen LogP contribution in [-0.4, -0.2) is 38.2 Å². The van der Waals surface area contributed by atoms with Crippen LogP contribution < -0.4 is 10.1 Å². The summed E-state index contributed by atoms with van der Waals surface area (Å²) in [7, 11) is 1.96. The Morgan fingerprint density at radius 3 is 2.55 bits per heavy atom. The minimum absolute atomic E-state index is 0.790. The predicted molar refractivity (Wildman–Crippen MR) is 84.2 cm³/mol. The molecule has 1 saturated carbocycles. The number of nitrogens with one attached hydrogen (secondary N) is 1. The molecule has 0 unspecified atom stereocenters. The molecular weight excluding hydrogens is 248 g/mol. The molecule has 3 nitrogen and oxygen atoms in total. The van der Waals surface area contributed by atoms with E-state index < -0.39 is 0 Å². The molecule has 1 fully saturated rings. The van der Waals surface area contributed by atoms with E-state index in [9.17, 15) is 0 Å². The van der Waals surface area contributed by atoms with Crippen LogP contribution in [-0.2, 0) is 6.54 Å². The van der Waals surface area contributed by atoms with E-state index in [2.05, 4.69) is 41.4 Å². The molecule has 0 heterocycles. The smallest absolute Gasteiger partial charge is 0.119 e. The van der Waals surface area contributed by atoms with Gasteiger partial charge in [0.25, 0.3) is 0 Å². The first kappa shape index (κ1) is 15.3. The second-order valence-electron chi connectivity index (χ2n) is 5.77. The lowest BCUT2D eigenvalue weighted by atomic mass is 10.2. The summed E-state index contributed by atoms with van der Waals surface area (Å²) in [4.78, 5) is 2.55. The van der Waals surface area contributed by atoms with Crippen LogP contribution >= 0.6 is 0 Å². The molecule has 0 amide bonds. The molecule has 0 aliphatic heterocycles. The van der Waals surface area contributed by atoms with Crippen molar-refractivity contribution in [3.63, 3.8) is 0 Å². The van der Waals surface area contributed by atoms with Gasteiger partial charge in [0.1, 0.15) is 12.4 Å². The van der Waals surface area contributed by atoms with Gasteiger partial charge in [-0.25, -0.2) is 0 Å². The third kappa shape index (κ3) is 5.51. The fraction of sp³-hybridized carbons (Fsp3) is 0.647. The summed E-state index contributed by atoms with van der Waals surface area (Å²) >= 11 is 0. The van der Waals surface area contributed by atoms with Crippen molar-refractivity contribution in [3.05, 3.63) is 29.8 Å². The Hall–Kier alpha value is -1.06. The Morgan fingerprint density at radius 2 is 1.95 bits per heavy atom. The van der Waals surface area contributed by atoms with Gasteiger partial charge in [0.15, 0.2) is 0 Å². The molecule has 1 N–H and O–H groups in total. The average Bonchev–Trinajstić information content (AvgIpc) is 3.25. The van der Waals surface area contributed by atoms with Crippen molar-refractivity contribution in [1.29, 1.82) is 0 Å². The van der Waals surface area contributed by atoms with Crippen molar-refractivity contribution in [2.45, 2.75) is 32.7 Å². The largest absolute Gasteiger partial charge is 0.492 e. The lowest BCUT2D eigenvalue weighted by Gasteiger charge is -2.21. The maximum atomic E-state index is 5.86. The monoisotopic (exact) mass is 276 g/mol. The molecule has 20 heavy (non-hydrogen) atoms. The Bertz CT molecular complexity index is 373. The quantitative estimate of drug-likeness (QED) is 0.711. The van der Waals surface area contributed by atoms with E-state index >= 15 is 0 Å². The molecule has 112 valence electrons. The van der Waals surface area contributed by atoms with Crippen molar-refractivity contribution in [3.8, 4) is 5.75 Å². The van der Waals surface area contributed by atoms with Crippen LogP contribution in [0.2, 0.25) is 0 Å². The first-order valence-electron chi connectivity index (χ1n) is 7.90. The Balaban J connectivity index is 1.69. The molecule has 1 aliphatic carbocycles. The number of hydrogen-bond donors (Lipinski definition) is 1. The van der Waals surface area contributed by atoms with Crippen LogP contribution in [0.3, 0.4) is 0 Å². The van der Waals surface area contributed by atoms with Gasteiger partial charge in [0, 0.05) is 19.6 Å². The van der Waals surface area contributed by atoms with Gasteiger partial charge < -0.3 is 10.1 Å². The van der Waals surface area contributed by atoms with E-state index in [0.29, 0.717) is 0 Å². The number of ether oxygens (including phenoxy) is 1. The Morgan fingerprint density at radius 1 is 1.20 bits per heavy atom. The van der Waals surface area contributed by atoms with E-state index in [1.165, 1.54) is 37.9 Å². The van der Waals surface area contributed by atoms with E-state index in [1.54, 1.807) is 0 Å². The minimum atomic E-state index is 0.790. The Labute approximate surface area is 123 Å². The van der Waals surface area contributed by atoms with Crippen molar-refractivity contribution >= 4 is 0 Å². The second-order valence-corrected chi connectivity index (χ2v) is 5.77. The maximum Gasteiger partial charge on any atom is 0.119 e. The van der Waals surface area contributed by atoms with Gasteiger partial charge in [-0.05, 0) is 56.5 Å². The van der Waals surface area contributed by atoms with E-state index in [-0.39, 0.29) is 0 Å². The van der Waals surface area contributed by atoms with Crippen LogP contribution in [0.4, 0.5) is 0 Å². The summed E-state index contributed by atoms with van der Waals surface area (Å²) in [6, 6.07) is 8.38. The molecule has 0 aromatic heterocycles. The van der Waals surface area contributed by atoms with Crippen LogP contribution in [0, 0.1) is 5.92 Å². The van der Waals surface area contributed by atoms with Crippen LogP contribution in [0.15, 0.2) is 24.3 Å². The zero-order valence-corrected chi connectivity index (χ0v) is 12.9. The van der Waals surface area contributed by atoms with Gasteiger partial charge in [-0.2, -0.15) is 0 Å². The first-order chi connectivity index (χ1) is 9.81. The summed E-state index contributed by atoms with van der Waals surface area (Å²) in [5.74, 6) is 1.94. The van der Waals surface area contributed by atoms with Crippen LogP contribution in [0.5, 0.6) is 5.75 Å². The molecule has 0 radical (unpaired) electrons. The van der Waals surface area contributed by atoms with E-state index in [0.717, 1.165) is 31.4 Å². The van der Waals surface area contributed by atoms with Crippen LogP contribution in [0.1, 0.15) is 31.7 Å². The lowest BCUT2D eigenvalue weighted by Crippen LogP contribution is -2.31. The molecular formula is C17H28N2O. The summed E-state index contributed by atoms with van der Waals surface area (Å²) in [5.41, 5.74) is 1.29. The second kappa shape index (κ2) is 8.28. The topological polar surface area (TPSA) is 24.5 Å². The summed E-state index contributed by atoms with van der Waals surface area (Å²) in [6.45, 7) is 7.45. The van der Waals surface area contributed by atoms with Crippen molar-refractivity contribution in [1.82, 2.24) is 10.2 Å². The molecule has 0 spiro atoms. The molecule has 0 bridgehead atoms. The van der Waals surface area contributed by atoms with Crippen LogP contribution in [0.25, 0.3) is 0 Å². The molecule has 0 saturated heterocycles. The summed E-state index contributed by atoms with van der Waals surface area (Å²) in [5, 5.41) is 3.15. The van der Waals surface area contributed by atoms with Crippen molar-refractivity contribution in [2.24, 2.45) is 5.92 Å². The molecule has 1 aliphatic rings. The normalized spacial score (nSPS) is 14.8. The highest BCUT2D eigenvalue weighted by atomic mass is 16.5. The van der Waals surface area contributed by atoms with Gasteiger partial charge in [-0.1, -0.05) is 19.1 Å². The fourth-order valence-electron chi connectivity index (χ4n) is 2.48. The van der Waals surface area contributed by atoms with Crippen molar-refractivity contribution < 1.29 is 4.74 Å². The average molecular weight is 276 g/mol. The molecule has 2 rings (SSSR count). The zero-order chi connectivity index (χ0) is 14.2. The standard InChI is InChI=1S/C17H28N2O/c1-3-10-19(14-16-4-5-16)11-12-20-17-8-6-15(7-9-17)13-18-2/h6-9,16,18H,3-5,10-14H2,1-2H3. The number of rotatable bonds is 10. The van der Waals surface area contributed by atoms with E-state index in [4.69, 9.17) is 4.74 Å². The zero-order valence-electron chi connectivity index (χ0n) is 12.9. The highest BCUT2D eigenvalue weighted by molar-refractivity contribution is 5.27. The van der Waals surface area contributed by atoms with Crippen molar-refractivity contribution in [2.75, 3.05) is 33.3 Å². The minimum Gasteiger partial charge on any atom is -0.492 e. The van der Waals surface area contributed by atoms with Gasteiger partial charge in [0.05, 0.1) is 0 Å². The van der Waals surface area contributed by atoms with Gasteiger partial charge >= 0.3 is 0 Å². The summed E-state index contributed by atoms with van der Waals surface area (Å²) < 4.78 is 5.86. The third-order valence-electron chi connectivity index (χ3n) is 3.73. The molecule has 1 aromatic carbocycles. The summed E-state index contributed by atoms with van der Waals surface area (Å²) in [6.07, 6.45) is 4.08. The fourth-order valence-corrected chi connectivity index (χ4v) is 2.48. The lowest BCUT2D eigenvalue weighted by molar-refractivity contribution is 0.203. The van der Waals surface area contributed by atoms with Gasteiger partial charge in [0.2, 0.25) is 0 Å². The first-order valence-corrected chi connectivity index (χ1v) is 7.90. The molecule has 3 heteroatoms.